The molecule has 0 saturated heterocycles. The number of hydrogen-bond donors (Lipinski definition) is 1. The van der Waals surface area contributed by atoms with Crippen LogP contribution < -0.4 is 5.73 Å². The van der Waals surface area contributed by atoms with Gasteiger partial charge in [0.2, 0.25) is 5.89 Å². The Morgan fingerprint density at radius 3 is 2.81 bits per heavy atom. The first-order valence-electron chi connectivity index (χ1n) is 5.75. The molecule has 0 aromatic carbocycles. The van der Waals surface area contributed by atoms with Gasteiger partial charge in [0.25, 0.3) is 0 Å². The van der Waals surface area contributed by atoms with E-state index in [1.165, 1.54) is 0 Å². The van der Waals surface area contributed by atoms with Crippen LogP contribution in [-0.4, -0.2) is 29.4 Å². The van der Waals surface area contributed by atoms with Crippen molar-refractivity contribution in [2.24, 2.45) is 5.73 Å². The Bertz CT molecular complexity index is 301. The molecule has 16 heavy (non-hydrogen) atoms. The number of rotatable bonds is 7. The highest BCUT2D eigenvalue weighted by Gasteiger charge is 2.12. The van der Waals surface area contributed by atoms with E-state index in [2.05, 4.69) is 17.1 Å². The second-order valence-corrected chi connectivity index (χ2v) is 4.11. The molecule has 0 radical (unpaired) electrons. The van der Waals surface area contributed by atoms with Gasteiger partial charge < -0.3 is 15.0 Å². The summed E-state index contributed by atoms with van der Waals surface area (Å²) in [5.41, 5.74) is 5.90. The van der Waals surface area contributed by atoms with Gasteiger partial charge in [-0.05, 0) is 13.3 Å². The summed E-state index contributed by atoms with van der Waals surface area (Å²) in [5.74, 6) is 1.31. The van der Waals surface area contributed by atoms with Crippen LogP contribution in [0.25, 0.3) is 0 Å². The minimum Gasteiger partial charge on any atom is -0.381 e. The zero-order chi connectivity index (χ0) is 12.0. The van der Waals surface area contributed by atoms with E-state index in [4.69, 9.17) is 15.0 Å². The zero-order valence-electron chi connectivity index (χ0n) is 10.3. The van der Waals surface area contributed by atoms with Gasteiger partial charge in [0, 0.05) is 26.0 Å². The van der Waals surface area contributed by atoms with Crippen molar-refractivity contribution < 1.29 is 9.26 Å². The van der Waals surface area contributed by atoms with Gasteiger partial charge in [0.1, 0.15) is 0 Å². The van der Waals surface area contributed by atoms with Crippen LogP contribution in [0.2, 0.25) is 0 Å². The summed E-state index contributed by atoms with van der Waals surface area (Å²) in [7, 11) is 1.67. The molecule has 0 bridgehead atoms. The number of ether oxygens (including phenoxy) is 1. The highest BCUT2D eigenvalue weighted by atomic mass is 16.5. The second-order valence-electron chi connectivity index (χ2n) is 4.11. The fourth-order valence-electron chi connectivity index (χ4n) is 1.49. The fraction of sp³-hybridized carbons (Fsp3) is 0.818. The van der Waals surface area contributed by atoms with Crippen LogP contribution in [-0.2, 0) is 17.6 Å². The van der Waals surface area contributed by atoms with E-state index in [9.17, 15) is 0 Å². The second kappa shape index (κ2) is 6.60. The van der Waals surface area contributed by atoms with E-state index in [0.717, 1.165) is 12.8 Å². The molecular weight excluding hydrogens is 206 g/mol. The molecule has 0 aliphatic heterocycles. The maximum Gasteiger partial charge on any atom is 0.228 e. The monoisotopic (exact) mass is 227 g/mol. The quantitative estimate of drug-likeness (QED) is 0.760. The molecule has 0 amide bonds. The zero-order valence-corrected chi connectivity index (χ0v) is 10.3. The van der Waals surface area contributed by atoms with E-state index >= 15 is 0 Å². The summed E-state index contributed by atoms with van der Waals surface area (Å²) in [6.45, 7) is 4.08. The maximum absolute atomic E-state index is 5.90. The standard InChI is InChI=1S/C11H21N3O2/c1-4-5-9(12)7-11-13-10(14-16-11)6-8(2)15-3/h8-9H,4-7,12H2,1-3H3. The van der Waals surface area contributed by atoms with Crippen LogP contribution in [0.1, 0.15) is 38.4 Å². The minimum absolute atomic E-state index is 0.106. The van der Waals surface area contributed by atoms with E-state index in [0.29, 0.717) is 24.6 Å². The molecule has 0 saturated carbocycles. The van der Waals surface area contributed by atoms with Crippen molar-refractivity contribution >= 4 is 0 Å². The van der Waals surface area contributed by atoms with Gasteiger partial charge >= 0.3 is 0 Å². The topological polar surface area (TPSA) is 74.2 Å². The van der Waals surface area contributed by atoms with Crippen LogP contribution in [0.4, 0.5) is 0 Å². The molecule has 5 nitrogen and oxygen atoms in total. The first-order chi connectivity index (χ1) is 7.65. The lowest BCUT2D eigenvalue weighted by Gasteiger charge is -2.05. The molecule has 0 fully saturated rings. The van der Waals surface area contributed by atoms with Crippen molar-refractivity contribution in [3.63, 3.8) is 0 Å². The van der Waals surface area contributed by atoms with Gasteiger partial charge in [-0.3, -0.25) is 0 Å². The average molecular weight is 227 g/mol. The van der Waals surface area contributed by atoms with Crippen molar-refractivity contribution in [2.45, 2.75) is 51.7 Å². The molecule has 2 unspecified atom stereocenters. The van der Waals surface area contributed by atoms with Crippen molar-refractivity contribution in [3.8, 4) is 0 Å². The van der Waals surface area contributed by atoms with Gasteiger partial charge in [-0.2, -0.15) is 4.98 Å². The van der Waals surface area contributed by atoms with Crippen LogP contribution in [0.3, 0.4) is 0 Å². The normalized spacial score (nSPS) is 15.0. The molecule has 1 aromatic rings. The summed E-state index contributed by atoms with van der Waals surface area (Å²) in [6, 6.07) is 0.109. The number of hydrogen-bond acceptors (Lipinski definition) is 5. The van der Waals surface area contributed by atoms with Crippen molar-refractivity contribution in [3.05, 3.63) is 11.7 Å². The van der Waals surface area contributed by atoms with Gasteiger partial charge in [-0.15, -0.1) is 0 Å². The number of nitrogens with two attached hydrogens (primary N) is 1. The van der Waals surface area contributed by atoms with Crippen LogP contribution in [0.15, 0.2) is 4.52 Å². The summed E-state index contributed by atoms with van der Waals surface area (Å²) in [5, 5.41) is 3.90. The smallest absolute Gasteiger partial charge is 0.228 e. The Hall–Kier alpha value is -0.940. The van der Waals surface area contributed by atoms with Gasteiger partial charge in [-0.1, -0.05) is 18.5 Å². The van der Waals surface area contributed by atoms with Gasteiger partial charge in [0.05, 0.1) is 6.10 Å². The maximum atomic E-state index is 5.90. The molecule has 0 aliphatic rings. The predicted molar refractivity (Wildman–Crippen MR) is 61.1 cm³/mol. The third-order valence-electron chi connectivity index (χ3n) is 2.48. The van der Waals surface area contributed by atoms with Crippen molar-refractivity contribution in [1.82, 2.24) is 10.1 Å². The van der Waals surface area contributed by atoms with E-state index < -0.39 is 0 Å². The SMILES string of the molecule is CCCC(N)Cc1nc(CC(C)OC)no1. The first-order valence-corrected chi connectivity index (χ1v) is 5.75. The molecule has 0 spiro atoms. The molecule has 0 aliphatic carbocycles. The third-order valence-corrected chi connectivity index (χ3v) is 2.48. The Labute approximate surface area is 96.4 Å². The Morgan fingerprint density at radius 2 is 2.19 bits per heavy atom. The number of methoxy groups -OCH3 is 1. The van der Waals surface area contributed by atoms with E-state index in [1.54, 1.807) is 7.11 Å². The minimum atomic E-state index is 0.106. The molecule has 2 N–H and O–H groups in total. The summed E-state index contributed by atoms with van der Waals surface area (Å²) in [4.78, 5) is 4.28. The molecule has 92 valence electrons. The Kier molecular flexibility index (Phi) is 5.42. The molecule has 1 rings (SSSR count). The summed E-state index contributed by atoms with van der Waals surface area (Å²) in [6.07, 6.45) is 3.48. The predicted octanol–water partition coefficient (Wildman–Crippen LogP) is 1.32. The summed E-state index contributed by atoms with van der Waals surface area (Å²) >= 11 is 0. The first kappa shape index (κ1) is 13.1. The lowest BCUT2D eigenvalue weighted by atomic mass is 10.1. The lowest BCUT2D eigenvalue weighted by Crippen LogP contribution is -2.22. The van der Waals surface area contributed by atoms with Crippen molar-refractivity contribution in [2.75, 3.05) is 7.11 Å². The van der Waals surface area contributed by atoms with E-state index in [1.807, 2.05) is 6.92 Å². The third kappa shape index (κ3) is 4.28. The highest BCUT2D eigenvalue weighted by molar-refractivity contribution is 4.90. The summed E-state index contributed by atoms with van der Waals surface area (Å²) < 4.78 is 10.3. The van der Waals surface area contributed by atoms with Crippen LogP contribution >= 0.6 is 0 Å². The fourth-order valence-corrected chi connectivity index (χ4v) is 1.49. The number of aromatic nitrogens is 2. The van der Waals surface area contributed by atoms with Crippen LogP contribution in [0, 0.1) is 0 Å². The molecule has 5 heteroatoms. The van der Waals surface area contributed by atoms with Crippen molar-refractivity contribution in [1.29, 1.82) is 0 Å². The molecular formula is C11H21N3O2. The largest absolute Gasteiger partial charge is 0.381 e. The molecule has 2 atom stereocenters. The molecule has 1 heterocycles. The van der Waals surface area contributed by atoms with Gasteiger partial charge in [0.15, 0.2) is 5.82 Å². The Balaban J connectivity index is 2.44. The van der Waals surface area contributed by atoms with E-state index in [-0.39, 0.29) is 12.1 Å². The Morgan fingerprint density at radius 1 is 1.44 bits per heavy atom. The average Bonchev–Trinajstić information content (AvgIpc) is 2.65. The highest BCUT2D eigenvalue weighted by Crippen LogP contribution is 2.06. The molecule has 1 aromatic heterocycles. The number of nitrogens with zero attached hydrogens (tertiary/aromatic N) is 2. The lowest BCUT2D eigenvalue weighted by molar-refractivity contribution is 0.116. The van der Waals surface area contributed by atoms with Crippen LogP contribution in [0.5, 0.6) is 0 Å². The van der Waals surface area contributed by atoms with Gasteiger partial charge in [-0.25, -0.2) is 0 Å².